The van der Waals surface area contributed by atoms with E-state index in [-0.39, 0.29) is 28.6 Å². The van der Waals surface area contributed by atoms with Crippen molar-refractivity contribution in [1.29, 1.82) is 0 Å². The number of amides is 2. The molecule has 2 fully saturated rings. The van der Waals surface area contributed by atoms with E-state index in [0.29, 0.717) is 31.6 Å². The predicted molar refractivity (Wildman–Crippen MR) is 128 cm³/mol. The summed E-state index contributed by atoms with van der Waals surface area (Å²) in [4.78, 5) is 48.8. The summed E-state index contributed by atoms with van der Waals surface area (Å²) >= 11 is 0. The molecular weight excluding hydrogens is 434 g/mol. The Morgan fingerprint density at radius 2 is 1.82 bits per heavy atom. The maximum Gasteiger partial charge on any atom is 0.311 e. The van der Waals surface area contributed by atoms with Gasteiger partial charge in [-0.1, -0.05) is 20.8 Å². The fourth-order valence-corrected chi connectivity index (χ4v) is 5.12. The Labute approximate surface area is 202 Å². The van der Waals surface area contributed by atoms with Gasteiger partial charge in [0.2, 0.25) is 5.91 Å². The Morgan fingerprint density at radius 3 is 2.41 bits per heavy atom. The van der Waals surface area contributed by atoms with E-state index in [4.69, 9.17) is 0 Å². The number of hydrogen-bond donors (Lipinski definition) is 3. The highest BCUT2D eigenvalue weighted by Gasteiger charge is 2.52. The average Bonchev–Trinajstić information content (AvgIpc) is 3.06. The lowest BCUT2D eigenvalue weighted by atomic mass is 9.68. The Bertz CT molecular complexity index is 951. The first kappa shape index (κ1) is 26.1. The molecule has 3 unspecified atom stereocenters. The van der Waals surface area contributed by atoms with Gasteiger partial charge in [0.15, 0.2) is 0 Å². The van der Waals surface area contributed by atoms with Crippen molar-refractivity contribution in [3.63, 3.8) is 0 Å². The van der Waals surface area contributed by atoms with Crippen molar-refractivity contribution < 1.29 is 19.5 Å². The van der Waals surface area contributed by atoms with Crippen molar-refractivity contribution in [3.05, 3.63) is 23.8 Å². The fourth-order valence-electron chi connectivity index (χ4n) is 5.12. The number of aliphatic carboxylic acids is 1. The largest absolute Gasteiger partial charge is 0.481 e. The van der Waals surface area contributed by atoms with Crippen molar-refractivity contribution in [2.75, 3.05) is 6.54 Å². The third-order valence-electron chi connectivity index (χ3n) is 6.80. The number of aromatic nitrogens is 2. The second kappa shape index (κ2) is 9.24. The van der Waals surface area contributed by atoms with Crippen molar-refractivity contribution >= 4 is 17.8 Å². The summed E-state index contributed by atoms with van der Waals surface area (Å²) in [7, 11) is 0. The Balaban J connectivity index is 1.72. The molecule has 1 aromatic heterocycles. The van der Waals surface area contributed by atoms with Crippen LogP contribution in [-0.4, -0.2) is 68.0 Å². The minimum absolute atomic E-state index is 0.0698. The van der Waals surface area contributed by atoms with E-state index in [1.54, 1.807) is 18.0 Å². The molecule has 0 radical (unpaired) electrons. The van der Waals surface area contributed by atoms with Gasteiger partial charge in [-0.25, -0.2) is 9.97 Å². The quantitative estimate of drug-likeness (QED) is 0.600. The van der Waals surface area contributed by atoms with Crippen LogP contribution in [0.4, 0.5) is 0 Å². The number of rotatable bonds is 5. The van der Waals surface area contributed by atoms with Gasteiger partial charge < -0.3 is 20.6 Å². The second-order valence-electron chi connectivity index (χ2n) is 12.0. The van der Waals surface area contributed by atoms with Crippen LogP contribution in [0.3, 0.4) is 0 Å². The molecule has 1 aliphatic carbocycles. The lowest BCUT2D eigenvalue weighted by Crippen LogP contribution is -2.59. The number of nitrogens with zero attached hydrogens (tertiary/aromatic N) is 3. The van der Waals surface area contributed by atoms with Crippen LogP contribution < -0.4 is 10.6 Å². The van der Waals surface area contributed by atoms with Crippen LogP contribution in [0.1, 0.15) is 90.5 Å². The van der Waals surface area contributed by atoms with Crippen LogP contribution >= 0.6 is 0 Å². The number of carboxylic acid groups (broad SMARTS) is 1. The number of carboxylic acids is 1. The van der Waals surface area contributed by atoms with Gasteiger partial charge >= 0.3 is 5.97 Å². The summed E-state index contributed by atoms with van der Waals surface area (Å²) in [6.45, 7) is 14.3. The summed E-state index contributed by atoms with van der Waals surface area (Å²) in [6.07, 6.45) is 3.83. The molecule has 9 heteroatoms. The summed E-state index contributed by atoms with van der Waals surface area (Å²) in [5.74, 6) is -0.989. The predicted octanol–water partition coefficient (Wildman–Crippen LogP) is 2.50. The summed E-state index contributed by atoms with van der Waals surface area (Å²) in [5, 5.41) is 16.5. The summed E-state index contributed by atoms with van der Waals surface area (Å²) in [6, 6.07) is 0.501. The summed E-state index contributed by atoms with van der Waals surface area (Å²) in [5.41, 5.74) is -1.28. The molecule has 9 nitrogen and oxygen atoms in total. The minimum Gasteiger partial charge on any atom is -0.481 e. The lowest BCUT2D eigenvalue weighted by molar-refractivity contribution is -0.158. The zero-order valence-electron chi connectivity index (χ0n) is 21.4. The molecule has 1 aromatic rings. The molecule has 0 bridgehead atoms. The number of likely N-dealkylation sites (tertiary alicyclic amines) is 1. The van der Waals surface area contributed by atoms with Gasteiger partial charge in [0, 0.05) is 35.8 Å². The van der Waals surface area contributed by atoms with E-state index < -0.39 is 29.4 Å². The topological polar surface area (TPSA) is 125 Å². The van der Waals surface area contributed by atoms with Crippen molar-refractivity contribution in [3.8, 4) is 0 Å². The first-order valence-corrected chi connectivity index (χ1v) is 12.1. The van der Waals surface area contributed by atoms with E-state index in [1.807, 2.05) is 20.8 Å². The molecule has 1 saturated carbocycles. The molecule has 2 aliphatic rings. The van der Waals surface area contributed by atoms with E-state index in [0.717, 1.165) is 6.42 Å². The standard InChI is InChI=1S/C25H39N5O4/c1-23(2,3)21-26-12-10-16(28-21)19(31)27-17-11-13-30(20(17)32)18-9-8-15(29-24(4,5)6)14-25(18,7)22(33)34/h10,12,15,17-18,29H,8-9,11,13-14H2,1-7H3,(H,27,31)(H,33,34)/t15?,17-,18?,25?/m0/s1. The molecule has 188 valence electrons. The minimum atomic E-state index is -1.07. The average molecular weight is 474 g/mol. The highest BCUT2D eigenvalue weighted by Crippen LogP contribution is 2.41. The van der Waals surface area contributed by atoms with Crippen molar-refractivity contribution in [1.82, 2.24) is 25.5 Å². The molecular formula is C25H39N5O4. The van der Waals surface area contributed by atoms with E-state index in [2.05, 4.69) is 41.4 Å². The molecule has 34 heavy (non-hydrogen) atoms. The normalized spacial score (nSPS) is 28.1. The monoisotopic (exact) mass is 473 g/mol. The van der Waals surface area contributed by atoms with E-state index in [9.17, 15) is 19.5 Å². The molecule has 2 amide bonds. The zero-order valence-corrected chi connectivity index (χ0v) is 21.4. The first-order valence-electron chi connectivity index (χ1n) is 12.1. The maximum absolute atomic E-state index is 13.3. The number of hydrogen-bond acceptors (Lipinski definition) is 6. The van der Waals surface area contributed by atoms with E-state index in [1.165, 1.54) is 6.07 Å². The lowest BCUT2D eigenvalue weighted by Gasteiger charge is -2.47. The molecule has 0 aromatic carbocycles. The van der Waals surface area contributed by atoms with Gasteiger partial charge in [0.05, 0.1) is 5.41 Å². The van der Waals surface area contributed by atoms with Crippen LogP contribution in [0.25, 0.3) is 0 Å². The summed E-state index contributed by atoms with van der Waals surface area (Å²) < 4.78 is 0. The van der Waals surface area contributed by atoms with Gasteiger partial charge in [-0.05, 0) is 59.4 Å². The SMILES string of the molecule is CC(C)(C)NC1CCC(N2CC[C@H](NC(=O)c3ccnc(C(C)(C)C)n3)C2=O)C(C)(C(=O)O)C1. The van der Waals surface area contributed by atoms with Gasteiger partial charge in [0.25, 0.3) is 5.91 Å². The van der Waals surface area contributed by atoms with Gasteiger partial charge in [-0.3, -0.25) is 14.4 Å². The van der Waals surface area contributed by atoms with Gasteiger partial charge in [-0.15, -0.1) is 0 Å². The number of nitrogens with one attached hydrogen (secondary N) is 2. The van der Waals surface area contributed by atoms with Crippen LogP contribution in [0.5, 0.6) is 0 Å². The van der Waals surface area contributed by atoms with Gasteiger partial charge in [-0.2, -0.15) is 0 Å². The van der Waals surface area contributed by atoms with Crippen LogP contribution in [0.15, 0.2) is 12.3 Å². The highest BCUT2D eigenvalue weighted by atomic mass is 16.4. The molecule has 4 atom stereocenters. The highest BCUT2D eigenvalue weighted by molar-refractivity contribution is 5.97. The number of carbonyl (C=O) groups is 3. The Morgan fingerprint density at radius 1 is 1.15 bits per heavy atom. The number of carbonyl (C=O) groups excluding carboxylic acids is 2. The van der Waals surface area contributed by atoms with E-state index >= 15 is 0 Å². The smallest absolute Gasteiger partial charge is 0.311 e. The van der Waals surface area contributed by atoms with Crippen LogP contribution in [0, 0.1) is 5.41 Å². The first-order chi connectivity index (χ1) is 15.6. The third kappa shape index (κ3) is 5.56. The van der Waals surface area contributed by atoms with Crippen molar-refractivity contribution in [2.45, 2.75) is 103 Å². The molecule has 1 saturated heterocycles. The van der Waals surface area contributed by atoms with Gasteiger partial charge in [0.1, 0.15) is 17.6 Å². The molecule has 2 heterocycles. The second-order valence-corrected chi connectivity index (χ2v) is 12.0. The molecule has 1 aliphatic heterocycles. The Hall–Kier alpha value is -2.55. The van der Waals surface area contributed by atoms with Crippen molar-refractivity contribution in [2.24, 2.45) is 5.41 Å². The molecule has 0 spiro atoms. The Kier molecular flexibility index (Phi) is 7.09. The fraction of sp³-hybridized carbons (Fsp3) is 0.720. The third-order valence-corrected chi connectivity index (χ3v) is 6.80. The van der Waals surface area contributed by atoms with Crippen LogP contribution in [-0.2, 0) is 15.0 Å². The maximum atomic E-state index is 13.3. The zero-order chi connectivity index (χ0) is 25.5. The van der Waals surface area contributed by atoms with Crippen LogP contribution in [0.2, 0.25) is 0 Å². The molecule has 3 rings (SSSR count). The molecule has 3 N–H and O–H groups in total.